The van der Waals surface area contributed by atoms with Crippen molar-refractivity contribution < 1.29 is 18.0 Å². The van der Waals surface area contributed by atoms with Crippen LogP contribution in [0.25, 0.3) is 0 Å². The molecule has 1 amide bonds. The van der Waals surface area contributed by atoms with E-state index in [9.17, 15) is 22.8 Å². The van der Waals surface area contributed by atoms with Crippen LogP contribution in [0.1, 0.15) is 29.0 Å². The minimum atomic E-state index is -4.53. The Labute approximate surface area is 152 Å². The number of hydrogen-bond donors (Lipinski definition) is 1. The Morgan fingerprint density at radius 1 is 1.22 bits per heavy atom. The van der Waals surface area contributed by atoms with E-state index in [1.165, 1.54) is 19.2 Å². The van der Waals surface area contributed by atoms with Crippen molar-refractivity contribution >= 4 is 11.7 Å². The van der Waals surface area contributed by atoms with E-state index in [-0.39, 0.29) is 29.0 Å². The number of amides is 1. The highest BCUT2D eigenvalue weighted by Crippen LogP contribution is 2.28. The molecule has 0 aliphatic carbocycles. The lowest BCUT2D eigenvalue weighted by Crippen LogP contribution is -2.43. The molecule has 0 unspecified atom stereocenters. The zero-order chi connectivity index (χ0) is 19.6. The van der Waals surface area contributed by atoms with E-state index in [2.05, 4.69) is 20.4 Å². The number of aromatic nitrogens is 4. The number of nitrogens with one attached hydrogen (secondary N) is 1. The molecular weight excluding hydrogens is 365 g/mol. The fraction of sp³-hybridized carbons (Fsp3) is 0.438. The van der Waals surface area contributed by atoms with E-state index in [4.69, 9.17) is 0 Å². The van der Waals surface area contributed by atoms with Crippen molar-refractivity contribution in [2.45, 2.75) is 25.1 Å². The number of likely N-dealkylation sites (tertiary alicyclic amines) is 1. The van der Waals surface area contributed by atoms with Gasteiger partial charge in [-0.1, -0.05) is 0 Å². The molecule has 0 bridgehead atoms. The highest BCUT2D eigenvalue weighted by atomic mass is 19.4. The Morgan fingerprint density at radius 3 is 2.56 bits per heavy atom. The first-order chi connectivity index (χ1) is 12.7. The lowest BCUT2D eigenvalue weighted by molar-refractivity contribution is -0.141. The molecule has 0 radical (unpaired) electrons. The summed E-state index contributed by atoms with van der Waals surface area (Å²) in [7, 11) is 1.46. The second kappa shape index (κ2) is 7.33. The van der Waals surface area contributed by atoms with Crippen LogP contribution < -0.4 is 10.9 Å². The first-order valence-corrected chi connectivity index (χ1v) is 8.23. The number of anilines is 1. The monoisotopic (exact) mass is 382 g/mol. The summed E-state index contributed by atoms with van der Waals surface area (Å²) < 4.78 is 39.2. The number of halogens is 3. The Kier molecular flexibility index (Phi) is 5.10. The molecule has 1 aliphatic heterocycles. The van der Waals surface area contributed by atoms with Gasteiger partial charge in [0.25, 0.3) is 11.5 Å². The number of nitrogens with zero attached hydrogens (tertiary/aromatic N) is 5. The van der Waals surface area contributed by atoms with Crippen LogP contribution in [0, 0.1) is 0 Å². The number of alkyl halides is 3. The first kappa shape index (κ1) is 18.8. The zero-order valence-electron chi connectivity index (χ0n) is 14.4. The van der Waals surface area contributed by atoms with E-state index in [1.54, 1.807) is 4.90 Å². The summed E-state index contributed by atoms with van der Waals surface area (Å²) in [6, 6.07) is 3.42. The van der Waals surface area contributed by atoms with E-state index >= 15 is 0 Å². The molecule has 0 saturated carbocycles. The molecule has 0 aromatic carbocycles. The average Bonchev–Trinajstić information content (AvgIpc) is 2.63. The minimum absolute atomic E-state index is 0.0989. The third-order valence-corrected chi connectivity index (χ3v) is 4.27. The van der Waals surface area contributed by atoms with Crippen molar-refractivity contribution in [1.82, 2.24) is 24.6 Å². The Morgan fingerprint density at radius 2 is 1.93 bits per heavy atom. The van der Waals surface area contributed by atoms with Gasteiger partial charge in [-0.15, -0.1) is 0 Å². The van der Waals surface area contributed by atoms with Gasteiger partial charge >= 0.3 is 6.18 Å². The molecule has 11 heteroatoms. The topological polar surface area (TPSA) is 93.0 Å². The summed E-state index contributed by atoms with van der Waals surface area (Å²) >= 11 is 0. The van der Waals surface area contributed by atoms with E-state index in [1.807, 2.05) is 0 Å². The third kappa shape index (κ3) is 4.41. The van der Waals surface area contributed by atoms with Crippen LogP contribution in [0.5, 0.6) is 0 Å². The summed E-state index contributed by atoms with van der Waals surface area (Å²) in [5, 5.41) is 6.90. The highest BCUT2D eigenvalue weighted by molar-refractivity contribution is 5.92. The predicted octanol–water partition coefficient (Wildman–Crippen LogP) is 1.31. The van der Waals surface area contributed by atoms with Gasteiger partial charge in [-0.3, -0.25) is 9.59 Å². The van der Waals surface area contributed by atoms with Crippen LogP contribution in [-0.2, 0) is 13.2 Å². The van der Waals surface area contributed by atoms with Gasteiger partial charge in [0.2, 0.25) is 0 Å². The average molecular weight is 382 g/mol. The van der Waals surface area contributed by atoms with Crippen molar-refractivity contribution in [3.05, 3.63) is 46.3 Å². The molecule has 1 aliphatic rings. The standard InChI is InChI=1S/C16H17F3N6O2/c1-24-14(26)3-2-11(23-24)15(27)25-6-4-10(5-7-25)22-13-8-12(16(17,18)19)20-9-21-13/h2-3,8-10H,4-7H2,1H3,(H,20,21,22). The number of hydrogen-bond acceptors (Lipinski definition) is 6. The fourth-order valence-electron chi connectivity index (χ4n) is 2.81. The summed E-state index contributed by atoms with van der Waals surface area (Å²) in [4.78, 5) is 32.5. The second-order valence-electron chi connectivity index (χ2n) is 6.18. The second-order valence-corrected chi connectivity index (χ2v) is 6.18. The van der Waals surface area contributed by atoms with Gasteiger partial charge in [-0.25, -0.2) is 14.6 Å². The summed E-state index contributed by atoms with van der Waals surface area (Å²) in [5.41, 5.74) is -1.14. The molecule has 1 saturated heterocycles. The highest BCUT2D eigenvalue weighted by Gasteiger charge is 2.33. The van der Waals surface area contributed by atoms with Crippen LogP contribution in [0.15, 0.2) is 29.3 Å². The maximum Gasteiger partial charge on any atom is 0.433 e. The van der Waals surface area contributed by atoms with Crippen molar-refractivity contribution in [2.75, 3.05) is 18.4 Å². The molecule has 2 aromatic rings. The number of rotatable bonds is 3. The van der Waals surface area contributed by atoms with Gasteiger partial charge in [-0.2, -0.15) is 18.3 Å². The molecule has 8 nitrogen and oxygen atoms in total. The van der Waals surface area contributed by atoms with Crippen molar-refractivity contribution in [3.63, 3.8) is 0 Å². The first-order valence-electron chi connectivity index (χ1n) is 8.23. The number of piperidine rings is 1. The lowest BCUT2D eigenvalue weighted by atomic mass is 10.0. The maximum atomic E-state index is 12.7. The largest absolute Gasteiger partial charge is 0.433 e. The van der Waals surface area contributed by atoms with Gasteiger partial charge in [0.05, 0.1) is 0 Å². The third-order valence-electron chi connectivity index (χ3n) is 4.27. The van der Waals surface area contributed by atoms with Crippen LogP contribution in [0.2, 0.25) is 0 Å². The van der Waals surface area contributed by atoms with E-state index in [0.717, 1.165) is 17.1 Å². The maximum absolute atomic E-state index is 12.7. The number of carbonyl (C=O) groups is 1. The molecule has 2 aromatic heterocycles. The van der Waals surface area contributed by atoms with Gasteiger partial charge in [-0.05, 0) is 18.9 Å². The van der Waals surface area contributed by atoms with Crippen molar-refractivity contribution in [1.29, 1.82) is 0 Å². The quantitative estimate of drug-likeness (QED) is 0.860. The van der Waals surface area contributed by atoms with Gasteiger partial charge in [0, 0.05) is 38.3 Å². The number of carbonyl (C=O) groups excluding carboxylic acids is 1. The molecule has 3 rings (SSSR count). The molecule has 3 heterocycles. The zero-order valence-corrected chi connectivity index (χ0v) is 14.4. The Bertz CT molecular complexity index is 890. The summed E-state index contributed by atoms with van der Waals surface area (Å²) in [6.45, 7) is 0.830. The fourth-order valence-corrected chi connectivity index (χ4v) is 2.81. The summed E-state index contributed by atoms with van der Waals surface area (Å²) in [5.74, 6) is -0.188. The molecule has 144 valence electrons. The Balaban J connectivity index is 1.60. The molecule has 1 N–H and O–H groups in total. The normalized spacial score (nSPS) is 15.6. The van der Waals surface area contributed by atoms with Crippen molar-refractivity contribution in [2.24, 2.45) is 7.05 Å². The van der Waals surface area contributed by atoms with Crippen LogP contribution in [0.3, 0.4) is 0 Å². The molecule has 0 spiro atoms. The Hall–Kier alpha value is -2.98. The molecule has 0 atom stereocenters. The lowest BCUT2D eigenvalue weighted by Gasteiger charge is -2.32. The summed E-state index contributed by atoms with van der Waals surface area (Å²) in [6.07, 6.45) is -2.57. The van der Waals surface area contributed by atoms with Gasteiger partial charge in [0.1, 0.15) is 23.5 Å². The van der Waals surface area contributed by atoms with Gasteiger partial charge in [0.15, 0.2) is 0 Å². The smallest absolute Gasteiger partial charge is 0.367 e. The van der Waals surface area contributed by atoms with Crippen LogP contribution >= 0.6 is 0 Å². The number of aryl methyl sites for hydroxylation is 1. The predicted molar refractivity (Wildman–Crippen MR) is 89.1 cm³/mol. The van der Waals surface area contributed by atoms with E-state index in [0.29, 0.717) is 25.9 Å². The molecule has 1 fully saturated rings. The van der Waals surface area contributed by atoms with Gasteiger partial charge < -0.3 is 10.2 Å². The molecule has 27 heavy (non-hydrogen) atoms. The van der Waals surface area contributed by atoms with Crippen molar-refractivity contribution in [3.8, 4) is 0 Å². The molecular formula is C16H17F3N6O2. The van der Waals surface area contributed by atoms with Crippen LogP contribution in [0.4, 0.5) is 19.0 Å². The SMILES string of the molecule is Cn1nc(C(=O)N2CCC(Nc3cc(C(F)(F)F)ncn3)CC2)ccc1=O. The van der Waals surface area contributed by atoms with E-state index < -0.39 is 11.9 Å². The minimum Gasteiger partial charge on any atom is -0.367 e. The van der Waals surface area contributed by atoms with Crippen LogP contribution in [-0.4, -0.2) is 49.7 Å².